The first kappa shape index (κ1) is 16.3. The highest BCUT2D eigenvalue weighted by Crippen LogP contribution is 2.18. The van der Waals surface area contributed by atoms with Gasteiger partial charge >= 0.3 is 5.97 Å². The van der Waals surface area contributed by atoms with Crippen molar-refractivity contribution in [3.05, 3.63) is 11.1 Å². The van der Waals surface area contributed by atoms with Gasteiger partial charge in [0.2, 0.25) is 0 Å². The van der Waals surface area contributed by atoms with Crippen LogP contribution < -0.4 is 5.32 Å². The molecule has 0 amide bonds. The van der Waals surface area contributed by atoms with Gasteiger partial charge in [-0.3, -0.25) is 4.79 Å². The van der Waals surface area contributed by atoms with Gasteiger partial charge in [-0.1, -0.05) is 6.92 Å². The summed E-state index contributed by atoms with van der Waals surface area (Å²) < 4.78 is 4.62. The Morgan fingerprint density at radius 1 is 1.63 bits per heavy atom. The maximum Gasteiger partial charge on any atom is 0.305 e. The summed E-state index contributed by atoms with van der Waals surface area (Å²) in [4.78, 5) is 15.5. The Kier molecular flexibility index (Phi) is 7.90. The maximum atomic E-state index is 11.1. The molecule has 19 heavy (non-hydrogen) atoms. The number of hydrogen-bond acceptors (Lipinski definition) is 6. The minimum Gasteiger partial charge on any atom is -0.469 e. The van der Waals surface area contributed by atoms with Crippen LogP contribution in [-0.2, 0) is 16.0 Å². The summed E-state index contributed by atoms with van der Waals surface area (Å²) in [6.45, 7) is 4.35. The number of thiazole rings is 1. The smallest absolute Gasteiger partial charge is 0.305 e. The molecule has 1 aromatic rings. The Bertz CT molecular complexity index is 382. The van der Waals surface area contributed by atoms with Gasteiger partial charge in [-0.25, -0.2) is 4.98 Å². The molecule has 0 saturated heterocycles. The molecule has 0 aliphatic heterocycles. The van der Waals surface area contributed by atoms with Crippen molar-refractivity contribution in [3.8, 4) is 0 Å². The van der Waals surface area contributed by atoms with Crippen molar-refractivity contribution in [1.82, 2.24) is 4.98 Å². The van der Waals surface area contributed by atoms with Gasteiger partial charge in [-0.05, 0) is 24.9 Å². The van der Waals surface area contributed by atoms with Crippen LogP contribution in [0.25, 0.3) is 0 Å². The van der Waals surface area contributed by atoms with Crippen molar-refractivity contribution in [1.29, 1.82) is 0 Å². The van der Waals surface area contributed by atoms with Gasteiger partial charge in [0, 0.05) is 17.8 Å². The molecule has 6 heteroatoms. The van der Waals surface area contributed by atoms with Gasteiger partial charge in [0.25, 0.3) is 0 Å². The molecule has 108 valence electrons. The number of carbonyl (C=O) groups is 1. The lowest BCUT2D eigenvalue weighted by Crippen LogP contribution is -2.15. The van der Waals surface area contributed by atoms with E-state index in [1.54, 1.807) is 11.3 Å². The highest BCUT2D eigenvalue weighted by atomic mass is 32.2. The summed E-state index contributed by atoms with van der Waals surface area (Å²) in [6.07, 6.45) is 2.17. The first-order valence-electron chi connectivity index (χ1n) is 6.51. The van der Waals surface area contributed by atoms with Gasteiger partial charge in [-0.2, -0.15) is 11.8 Å². The largest absolute Gasteiger partial charge is 0.469 e. The number of nitrogens with one attached hydrogen (secondary N) is 1. The second kappa shape index (κ2) is 9.20. The van der Waals surface area contributed by atoms with Crippen LogP contribution in [0.2, 0.25) is 0 Å². The Hall–Kier alpha value is -0.750. The average molecular weight is 302 g/mol. The van der Waals surface area contributed by atoms with Crippen molar-refractivity contribution in [3.63, 3.8) is 0 Å². The number of carbonyl (C=O) groups excluding carboxylic acids is 1. The monoisotopic (exact) mass is 302 g/mol. The summed E-state index contributed by atoms with van der Waals surface area (Å²) in [5.41, 5.74) is 0.952. The van der Waals surface area contributed by atoms with E-state index in [0.717, 1.165) is 17.2 Å². The molecule has 0 saturated carbocycles. The third-order valence-electron chi connectivity index (χ3n) is 2.63. The molecule has 4 nitrogen and oxygen atoms in total. The van der Waals surface area contributed by atoms with E-state index in [2.05, 4.69) is 28.9 Å². The predicted molar refractivity (Wildman–Crippen MR) is 83.2 cm³/mol. The van der Waals surface area contributed by atoms with Crippen LogP contribution in [0.5, 0.6) is 0 Å². The zero-order valence-electron chi connectivity index (χ0n) is 11.8. The van der Waals surface area contributed by atoms with E-state index in [4.69, 9.17) is 0 Å². The van der Waals surface area contributed by atoms with Crippen LogP contribution in [0.4, 0.5) is 5.13 Å². The number of methoxy groups -OCH3 is 1. The molecule has 0 aliphatic carbocycles. The Labute approximate surface area is 123 Å². The lowest BCUT2D eigenvalue weighted by atomic mass is 10.2. The van der Waals surface area contributed by atoms with Gasteiger partial charge in [0.05, 0.1) is 19.2 Å². The fourth-order valence-corrected chi connectivity index (χ4v) is 3.17. The molecule has 1 rings (SSSR count). The number of hydrogen-bond donors (Lipinski definition) is 1. The molecule has 1 aromatic heterocycles. The highest BCUT2D eigenvalue weighted by Gasteiger charge is 2.08. The molecule has 1 N–H and O–H groups in total. The van der Waals surface area contributed by atoms with Crippen LogP contribution in [0.3, 0.4) is 0 Å². The van der Waals surface area contributed by atoms with Crippen LogP contribution in [0, 0.1) is 0 Å². The Balaban J connectivity index is 2.31. The van der Waals surface area contributed by atoms with E-state index in [1.165, 1.54) is 18.6 Å². The van der Waals surface area contributed by atoms with Gasteiger partial charge in [0.1, 0.15) is 0 Å². The average Bonchev–Trinajstić information content (AvgIpc) is 2.83. The Morgan fingerprint density at radius 2 is 2.42 bits per heavy atom. The maximum absolute atomic E-state index is 11.1. The third kappa shape index (κ3) is 6.82. The fraction of sp³-hybridized carbons (Fsp3) is 0.692. The topological polar surface area (TPSA) is 51.2 Å². The first-order valence-corrected chi connectivity index (χ1v) is 8.54. The van der Waals surface area contributed by atoms with Crippen LogP contribution in [0.1, 0.15) is 32.4 Å². The second-order valence-corrected chi connectivity index (χ2v) is 6.50. The summed E-state index contributed by atoms with van der Waals surface area (Å²) >= 11 is 3.55. The number of thioether (sulfide) groups is 1. The van der Waals surface area contributed by atoms with Crippen molar-refractivity contribution in [2.45, 2.75) is 39.2 Å². The number of rotatable bonds is 9. The summed E-state index contributed by atoms with van der Waals surface area (Å²) in [7, 11) is 1.41. The minimum atomic E-state index is -0.188. The summed E-state index contributed by atoms with van der Waals surface area (Å²) in [5.74, 6) is 2.15. The molecule has 1 unspecified atom stereocenters. The van der Waals surface area contributed by atoms with Crippen molar-refractivity contribution >= 4 is 34.2 Å². The Morgan fingerprint density at radius 3 is 3.11 bits per heavy atom. The standard InChI is InChI=1S/C13H22N2O2S2/c1-4-18-8-7-10(2)14-13-15-11(9-19-13)5-6-12(16)17-3/h9-10H,4-8H2,1-3H3,(H,14,15). The number of ether oxygens (including phenoxy) is 1. The second-order valence-electron chi connectivity index (χ2n) is 4.25. The molecular weight excluding hydrogens is 280 g/mol. The van der Waals surface area contributed by atoms with Crippen molar-refractivity contribution < 1.29 is 9.53 Å². The van der Waals surface area contributed by atoms with E-state index in [-0.39, 0.29) is 5.97 Å². The lowest BCUT2D eigenvalue weighted by molar-refractivity contribution is -0.140. The van der Waals surface area contributed by atoms with Gasteiger partial charge in [0.15, 0.2) is 5.13 Å². The molecule has 0 fully saturated rings. The molecule has 0 spiro atoms. The molecule has 0 aromatic carbocycles. The van der Waals surface area contributed by atoms with E-state index in [1.807, 2.05) is 17.1 Å². The first-order chi connectivity index (χ1) is 9.15. The van der Waals surface area contributed by atoms with Crippen molar-refractivity contribution in [2.75, 3.05) is 23.9 Å². The van der Waals surface area contributed by atoms with Crippen molar-refractivity contribution in [2.24, 2.45) is 0 Å². The summed E-state index contributed by atoms with van der Waals surface area (Å²) in [6, 6.07) is 0.429. The molecule has 1 atom stereocenters. The van der Waals surface area contributed by atoms with E-state index in [0.29, 0.717) is 18.9 Å². The quantitative estimate of drug-likeness (QED) is 0.561. The normalized spacial score (nSPS) is 12.2. The molecular formula is C13H22N2O2S2. The number of nitrogens with zero attached hydrogens (tertiary/aromatic N) is 1. The SMILES string of the molecule is CCSCCC(C)Nc1nc(CCC(=O)OC)cs1. The third-order valence-corrected chi connectivity index (χ3v) is 4.39. The number of anilines is 1. The zero-order valence-corrected chi connectivity index (χ0v) is 13.4. The minimum absolute atomic E-state index is 0.188. The number of esters is 1. The zero-order chi connectivity index (χ0) is 14.1. The van der Waals surface area contributed by atoms with E-state index in [9.17, 15) is 4.79 Å². The van der Waals surface area contributed by atoms with E-state index >= 15 is 0 Å². The van der Waals surface area contributed by atoms with Gasteiger partial charge in [-0.15, -0.1) is 11.3 Å². The van der Waals surface area contributed by atoms with Crippen LogP contribution in [-0.4, -0.2) is 35.6 Å². The van der Waals surface area contributed by atoms with Crippen LogP contribution in [0.15, 0.2) is 5.38 Å². The fourth-order valence-electron chi connectivity index (χ4n) is 1.51. The highest BCUT2D eigenvalue weighted by molar-refractivity contribution is 7.99. The van der Waals surface area contributed by atoms with Crippen LogP contribution >= 0.6 is 23.1 Å². The molecule has 1 heterocycles. The summed E-state index contributed by atoms with van der Waals surface area (Å²) in [5, 5.41) is 6.34. The van der Waals surface area contributed by atoms with Gasteiger partial charge < -0.3 is 10.1 Å². The van der Waals surface area contributed by atoms with E-state index < -0.39 is 0 Å². The number of aromatic nitrogens is 1. The molecule has 0 aliphatic rings. The molecule has 0 bridgehead atoms. The lowest BCUT2D eigenvalue weighted by Gasteiger charge is -2.11. The number of aryl methyl sites for hydroxylation is 1. The predicted octanol–water partition coefficient (Wildman–Crippen LogP) is 3.19. The molecule has 0 radical (unpaired) electrons.